The van der Waals surface area contributed by atoms with Crippen molar-refractivity contribution < 1.29 is 13.9 Å². The summed E-state index contributed by atoms with van der Waals surface area (Å²) in [6, 6.07) is 13.4. The zero-order valence-electron chi connectivity index (χ0n) is 21.5. The minimum atomic E-state index is -0.421. The second-order valence-corrected chi connectivity index (χ2v) is 10.5. The molecule has 0 radical (unpaired) electrons. The van der Waals surface area contributed by atoms with Crippen LogP contribution < -0.4 is 15.9 Å². The maximum Gasteiger partial charge on any atom is 0.250 e. The summed E-state index contributed by atoms with van der Waals surface area (Å²) >= 11 is 0. The van der Waals surface area contributed by atoms with Gasteiger partial charge in [0, 0.05) is 75.2 Å². The molecule has 1 N–H and O–H groups in total. The van der Waals surface area contributed by atoms with Gasteiger partial charge in [-0.3, -0.25) is 19.4 Å². The molecule has 3 aliphatic rings. The molecule has 0 saturated carbocycles. The van der Waals surface area contributed by atoms with E-state index in [1.807, 2.05) is 16.7 Å². The largest absolute Gasteiger partial charge is 0.502 e. The van der Waals surface area contributed by atoms with Gasteiger partial charge in [0.2, 0.25) is 11.2 Å². The number of nitrogens with zero attached hydrogens (tertiary/aromatic N) is 4. The Hall–Kier alpha value is -2.85. The molecule has 2 saturated heterocycles. The molecular formula is C28H33Cl2FN4O4. The topological polar surface area (TPSA) is 82.2 Å². The van der Waals surface area contributed by atoms with E-state index in [1.54, 1.807) is 18.2 Å². The molecule has 8 nitrogen and oxygen atoms in total. The number of piperazine rings is 1. The fraction of sp³-hybridized carbons (Fsp3) is 0.429. The number of hydrogen-bond acceptors (Lipinski definition) is 7. The van der Waals surface area contributed by atoms with Crippen LogP contribution in [0, 0.1) is 11.7 Å². The number of likely N-dealkylation sites (tertiary alicyclic amines) is 1. The number of anilines is 1. The van der Waals surface area contributed by atoms with E-state index in [-0.39, 0.29) is 47.9 Å². The number of rotatable bonds is 5. The summed E-state index contributed by atoms with van der Waals surface area (Å²) in [6.45, 7) is 6.19. The Morgan fingerprint density at radius 1 is 0.897 bits per heavy atom. The first kappa shape index (κ1) is 29.1. The Morgan fingerprint density at radius 2 is 1.64 bits per heavy atom. The van der Waals surface area contributed by atoms with E-state index in [4.69, 9.17) is 4.42 Å². The SMILES string of the molecule is Cl.Cl.O=c1cc(CN2C[C@H]3C[C@@H](C2)c2cccc(=O)n2C3)oc(CN2CCN(c3ccc(F)cc3)CC2)c1O. The zero-order chi connectivity index (χ0) is 25.5. The lowest BCUT2D eigenvalue weighted by Gasteiger charge is -2.42. The highest BCUT2D eigenvalue weighted by atomic mass is 35.5. The number of fused-ring (bicyclic) bond motifs is 4. The number of aromatic nitrogens is 1. The van der Waals surface area contributed by atoms with Crippen LogP contribution in [0.4, 0.5) is 10.1 Å². The van der Waals surface area contributed by atoms with Gasteiger partial charge in [0.05, 0.1) is 13.1 Å². The average molecular weight is 580 g/mol. The molecule has 0 spiro atoms. The minimum absolute atomic E-state index is 0. The Balaban J connectivity index is 0.00000176. The third kappa shape index (κ3) is 6.17. The molecule has 210 valence electrons. The molecule has 6 rings (SSSR count). The van der Waals surface area contributed by atoms with Gasteiger partial charge in [0.1, 0.15) is 11.6 Å². The standard InChI is InChI=1S/C28H31FN4O4.2ClH/c29-21-4-6-22(7-5-21)32-10-8-30(9-11-32)18-26-28(36)25(34)13-23(37-26)17-31-14-19-12-20(16-31)24-2-1-3-27(35)33(24)15-19;;/h1-7,13,19-20,36H,8-12,14-18H2;2*1H/t19-,20+;;/m1../s1. The molecular weight excluding hydrogens is 546 g/mol. The van der Waals surface area contributed by atoms with Crippen LogP contribution >= 0.6 is 24.8 Å². The van der Waals surface area contributed by atoms with Crippen molar-refractivity contribution in [1.82, 2.24) is 14.4 Å². The Labute approximate surface area is 238 Å². The van der Waals surface area contributed by atoms with E-state index in [0.29, 0.717) is 30.5 Å². The number of pyridine rings is 1. The third-order valence-electron chi connectivity index (χ3n) is 7.91. The molecule has 3 aliphatic heterocycles. The van der Waals surface area contributed by atoms with Gasteiger partial charge in [-0.25, -0.2) is 4.39 Å². The van der Waals surface area contributed by atoms with Crippen molar-refractivity contribution in [3.8, 4) is 5.75 Å². The van der Waals surface area contributed by atoms with E-state index < -0.39 is 5.43 Å². The van der Waals surface area contributed by atoms with Crippen molar-refractivity contribution in [2.75, 3.05) is 44.2 Å². The molecule has 0 aliphatic carbocycles. The lowest BCUT2D eigenvalue weighted by molar-refractivity contribution is 0.105. The minimum Gasteiger partial charge on any atom is -0.502 e. The van der Waals surface area contributed by atoms with Crippen LogP contribution in [-0.2, 0) is 19.6 Å². The molecule has 39 heavy (non-hydrogen) atoms. The number of piperidine rings is 1. The number of benzene rings is 1. The van der Waals surface area contributed by atoms with Crippen molar-refractivity contribution in [2.24, 2.45) is 5.92 Å². The van der Waals surface area contributed by atoms with Crippen LogP contribution in [0.1, 0.15) is 29.6 Å². The third-order valence-corrected chi connectivity index (χ3v) is 7.91. The maximum absolute atomic E-state index is 13.2. The summed E-state index contributed by atoms with van der Waals surface area (Å²) in [6.07, 6.45) is 1.06. The summed E-state index contributed by atoms with van der Waals surface area (Å²) < 4.78 is 21.2. The first-order chi connectivity index (χ1) is 17.9. The molecule has 5 heterocycles. The van der Waals surface area contributed by atoms with Crippen molar-refractivity contribution in [3.63, 3.8) is 0 Å². The molecule has 0 amide bonds. The summed E-state index contributed by atoms with van der Waals surface area (Å²) in [7, 11) is 0. The molecule has 1 aromatic carbocycles. The van der Waals surface area contributed by atoms with Gasteiger partial charge in [-0.1, -0.05) is 6.07 Å². The van der Waals surface area contributed by atoms with Crippen LogP contribution in [0.3, 0.4) is 0 Å². The second kappa shape index (κ2) is 12.1. The monoisotopic (exact) mass is 578 g/mol. The zero-order valence-corrected chi connectivity index (χ0v) is 23.1. The van der Waals surface area contributed by atoms with Gasteiger partial charge in [0.25, 0.3) is 5.56 Å². The number of aromatic hydroxyl groups is 1. The van der Waals surface area contributed by atoms with Crippen LogP contribution in [0.15, 0.2) is 62.5 Å². The fourth-order valence-corrected chi connectivity index (χ4v) is 6.14. The fourth-order valence-electron chi connectivity index (χ4n) is 6.14. The lowest BCUT2D eigenvalue weighted by atomic mass is 9.83. The van der Waals surface area contributed by atoms with Crippen LogP contribution in [-0.4, -0.2) is 58.7 Å². The van der Waals surface area contributed by atoms with Crippen molar-refractivity contribution in [2.45, 2.75) is 32.0 Å². The molecule has 2 fully saturated rings. The molecule has 2 aromatic heterocycles. The van der Waals surface area contributed by atoms with Gasteiger partial charge in [-0.05, 0) is 42.7 Å². The van der Waals surface area contributed by atoms with Gasteiger partial charge >= 0.3 is 0 Å². The van der Waals surface area contributed by atoms with E-state index in [9.17, 15) is 19.1 Å². The Bertz CT molecular complexity index is 1410. The summed E-state index contributed by atoms with van der Waals surface area (Å²) in [4.78, 5) is 31.5. The van der Waals surface area contributed by atoms with E-state index >= 15 is 0 Å². The highest BCUT2D eigenvalue weighted by Gasteiger charge is 2.34. The van der Waals surface area contributed by atoms with Gasteiger partial charge in [0.15, 0.2) is 5.76 Å². The molecule has 2 bridgehead atoms. The lowest BCUT2D eigenvalue weighted by Crippen LogP contribution is -2.46. The quantitative estimate of drug-likeness (QED) is 0.496. The summed E-state index contributed by atoms with van der Waals surface area (Å²) in [5, 5.41) is 10.5. The van der Waals surface area contributed by atoms with Crippen molar-refractivity contribution in [3.05, 3.63) is 92.1 Å². The van der Waals surface area contributed by atoms with Gasteiger partial charge in [-0.2, -0.15) is 0 Å². The normalized spacial score (nSPS) is 21.0. The van der Waals surface area contributed by atoms with Crippen LogP contribution in [0.2, 0.25) is 0 Å². The highest BCUT2D eigenvalue weighted by molar-refractivity contribution is 5.85. The van der Waals surface area contributed by atoms with Crippen molar-refractivity contribution in [1.29, 1.82) is 0 Å². The predicted octanol–water partition coefficient (Wildman–Crippen LogP) is 3.43. The molecule has 11 heteroatoms. The number of halogens is 3. The van der Waals surface area contributed by atoms with E-state index in [1.165, 1.54) is 18.2 Å². The maximum atomic E-state index is 13.2. The van der Waals surface area contributed by atoms with E-state index in [2.05, 4.69) is 14.7 Å². The Kier molecular flexibility index (Phi) is 9.06. The second-order valence-electron chi connectivity index (χ2n) is 10.5. The summed E-state index contributed by atoms with van der Waals surface area (Å²) in [5.41, 5.74) is 1.71. The van der Waals surface area contributed by atoms with Crippen molar-refractivity contribution >= 4 is 30.5 Å². The van der Waals surface area contributed by atoms with Gasteiger partial charge < -0.3 is 19.0 Å². The highest BCUT2D eigenvalue weighted by Crippen LogP contribution is 2.35. The summed E-state index contributed by atoms with van der Waals surface area (Å²) in [5.74, 6) is 0.934. The number of hydrogen-bond donors (Lipinski definition) is 1. The van der Waals surface area contributed by atoms with Crippen LogP contribution in [0.5, 0.6) is 5.75 Å². The van der Waals surface area contributed by atoms with Crippen LogP contribution in [0.25, 0.3) is 0 Å². The smallest absolute Gasteiger partial charge is 0.250 e. The predicted molar refractivity (Wildman–Crippen MR) is 152 cm³/mol. The molecule has 3 aromatic rings. The first-order valence-electron chi connectivity index (χ1n) is 12.9. The average Bonchev–Trinajstić information content (AvgIpc) is 2.89. The molecule has 0 unspecified atom stereocenters. The van der Waals surface area contributed by atoms with E-state index in [0.717, 1.165) is 63.6 Å². The first-order valence-corrected chi connectivity index (χ1v) is 12.9. The van der Waals surface area contributed by atoms with Gasteiger partial charge in [-0.15, -0.1) is 24.8 Å². The molecule has 2 atom stereocenters. The Morgan fingerprint density at radius 3 is 2.38 bits per heavy atom.